The van der Waals surface area contributed by atoms with Gasteiger partial charge in [0, 0.05) is 17.5 Å². The van der Waals surface area contributed by atoms with Crippen LogP contribution in [0.3, 0.4) is 0 Å². The summed E-state index contributed by atoms with van der Waals surface area (Å²) in [6.45, 7) is 4.66. The summed E-state index contributed by atoms with van der Waals surface area (Å²) in [6.07, 6.45) is 3.38. The summed E-state index contributed by atoms with van der Waals surface area (Å²) in [7, 11) is 0. The maximum absolute atomic E-state index is 12.1. The Hall–Kier alpha value is -1.02. The first-order chi connectivity index (χ1) is 8.58. The van der Waals surface area contributed by atoms with Gasteiger partial charge in [-0.1, -0.05) is 24.1 Å². The molecule has 2 unspecified atom stereocenters. The van der Waals surface area contributed by atoms with Crippen molar-refractivity contribution in [1.82, 2.24) is 5.32 Å². The Kier molecular flexibility index (Phi) is 4.28. The average Bonchev–Trinajstić information content (AvgIpc) is 2.75. The summed E-state index contributed by atoms with van der Waals surface area (Å²) < 4.78 is 0. The molecule has 0 aromatic heterocycles. The highest BCUT2D eigenvalue weighted by atomic mass is 35.5. The highest BCUT2D eigenvalue weighted by Crippen LogP contribution is 2.29. The van der Waals surface area contributed by atoms with Crippen LogP contribution in [0.5, 0.6) is 0 Å². The molecule has 3 heteroatoms. The first-order valence-corrected chi connectivity index (χ1v) is 7.01. The van der Waals surface area contributed by atoms with E-state index in [1.165, 1.54) is 6.42 Å². The quantitative estimate of drug-likeness (QED) is 0.834. The van der Waals surface area contributed by atoms with E-state index in [4.69, 9.17) is 11.6 Å². The summed E-state index contributed by atoms with van der Waals surface area (Å²) in [5, 5.41) is 3.24. The van der Waals surface area contributed by atoms with E-state index in [9.17, 15) is 4.79 Å². The lowest BCUT2D eigenvalue weighted by atomic mass is 10.0. The summed E-state index contributed by atoms with van der Waals surface area (Å²) in [5.41, 5.74) is 2.91. The van der Waals surface area contributed by atoms with Crippen LogP contribution in [0.2, 0.25) is 0 Å². The molecule has 1 saturated carbocycles. The van der Waals surface area contributed by atoms with Crippen LogP contribution in [-0.2, 0) is 0 Å². The van der Waals surface area contributed by atoms with E-state index in [2.05, 4.69) is 5.32 Å². The van der Waals surface area contributed by atoms with Gasteiger partial charge in [-0.25, -0.2) is 0 Å². The number of hydrogen-bond acceptors (Lipinski definition) is 1. The minimum atomic E-state index is 0.0203. The van der Waals surface area contributed by atoms with Crippen molar-refractivity contribution in [3.8, 4) is 0 Å². The minimum absolute atomic E-state index is 0.0203. The zero-order valence-corrected chi connectivity index (χ0v) is 11.8. The third kappa shape index (κ3) is 3.05. The molecule has 98 valence electrons. The van der Waals surface area contributed by atoms with Gasteiger partial charge in [0.2, 0.25) is 0 Å². The van der Waals surface area contributed by atoms with Crippen LogP contribution in [0, 0.1) is 19.8 Å². The number of carbonyl (C=O) groups excluding carboxylic acids is 1. The van der Waals surface area contributed by atoms with Gasteiger partial charge in [-0.05, 0) is 44.2 Å². The Morgan fingerprint density at radius 2 is 2.17 bits per heavy atom. The molecule has 1 aromatic carbocycles. The number of amides is 1. The standard InChI is InChI=1S/C15H20ClNO/c1-10-6-7-11(2)13(8-10)15(18)17-9-12-4-3-5-14(12)16/h6-8,12,14H,3-5,9H2,1-2H3,(H,17,18). The van der Waals surface area contributed by atoms with E-state index in [0.29, 0.717) is 12.5 Å². The maximum atomic E-state index is 12.1. The fraction of sp³-hybridized carbons (Fsp3) is 0.533. The molecule has 0 saturated heterocycles. The fourth-order valence-corrected chi connectivity index (χ4v) is 2.89. The fourth-order valence-electron chi connectivity index (χ4n) is 2.52. The van der Waals surface area contributed by atoms with Crippen molar-refractivity contribution in [2.24, 2.45) is 5.92 Å². The van der Waals surface area contributed by atoms with Crippen molar-refractivity contribution < 1.29 is 4.79 Å². The predicted octanol–water partition coefficient (Wildman–Crippen LogP) is 3.44. The topological polar surface area (TPSA) is 29.1 Å². The summed E-state index contributed by atoms with van der Waals surface area (Å²) >= 11 is 6.21. The number of carbonyl (C=O) groups is 1. The normalized spacial score (nSPS) is 23.1. The van der Waals surface area contributed by atoms with Crippen LogP contribution in [-0.4, -0.2) is 17.8 Å². The van der Waals surface area contributed by atoms with Gasteiger partial charge < -0.3 is 5.32 Å². The maximum Gasteiger partial charge on any atom is 0.251 e. The third-order valence-electron chi connectivity index (χ3n) is 3.73. The monoisotopic (exact) mass is 265 g/mol. The lowest BCUT2D eigenvalue weighted by Crippen LogP contribution is -2.31. The van der Waals surface area contributed by atoms with Gasteiger partial charge in [0.05, 0.1) is 0 Å². The van der Waals surface area contributed by atoms with Crippen molar-refractivity contribution >= 4 is 17.5 Å². The molecule has 0 radical (unpaired) electrons. The zero-order valence-electron chi connectivity index (χ0n) is 11.0. The highest BCUT2D eigenvalue weighted by Gasteiger charge is 2.25. The van der Waals surface area contributed by atoms with Crippen LogP contribution in [0.25, 0.3) is 0 Å². The smallest absolute Gasteiger partial charge is 0.251 e. The average molecular weight is 266 g/mol. The molecule has 0 heterocycles. The summed E-state index contributed by atoms with van der Waals surface area (Å²) in [5.74, 6) is 0.452. The molecule has 18 heavy (non-hydrogen) atoms. The molecule has 0 aliphatic heterocycles. The van der Waals surface area contributed by atoms with Gasteiger partial charge >= 0.3 is 0 Å². The second-order valence-electron chi connectivity index (χ2n) is 5.24. The van der Waals surface area contributed by atoms with Crippen LogP contribution in [0.15, 0.2) is 18.2 Å². The number of halogens is 1. The molecule has 1 aliphatic carbocycles. The van der Waals surface area contributed by atoms with Gasteiger partial charge in [-0.3, -0.25) is 4.79 Å². The van der Waals surface area contributed by atoms with Crippen LogP contribution < -0.4 is 5.32 Å². The highest BCUT2D eigenvalue weighted by molar-refractivity contribution is 6.21. The number of benzene rings is 1. The van der Waals surface area contributed by atoms with E-state index in [1.807, 2.05) is 32.0 Å². The number of alkyl halides is 1. The largest absolute Gasteiger partial charge is 0.352 e. The van der Waals surface area contributed by atoms with Gasteiger partial charge in [0.25, 0.3) is 5.91 Å². The van der Waals surface area contributed by atoms with E-state index < -0.39 is 0 Å². The number of aryl methyl sites for hydroxylation is 2. The van der Waals surface area contributed by atoms with Gasteiger partial charge in [0.1, 0.15) is 0 Å². The molecule has 1 N–H and O–H groups in total. The zero-order chi connectivity index (χ0) is 13.1. The SMILES string of the molecule is Cc1ccc(C)c(C(=O)NCC2CCCC2Cl)c1. The van der Waals surface area contributed by atoms with Crippen LogP contribution in [0.1, 0.15) is 40.7 Å². The summed E-state index contributed by atoms with van der Waals surface area (Å²) in [6, 6.07) is 5.96. The lowest BCUT2D eigenvalue weighted by Gasteiger charge is -2.15. The van der Waals surface area contributed by atoms with Gasteiger partial charge in [0.15, 0.2) is 0 Å². The first-order valence-electron chi connectivity index (χ1n) is 6.57. The Bertz CT molecular complexity index is 444. The predicted molar refractivity (Wildman–Crippen MR) is 75.2 cm³/mol. The van der Waals surface area contributed by atoms with Gasteiger partial charge in [-0.2, -0.15) is 0 Å². The molecule has 1 aromatic rings. The summed E-state index contributed by atoms with van der Waals surface area (Å²) in [4.78, 5) is 12.1. The molecule has 2 atom stereocenters. The minimum Gasteiger partial charge on any atom is -0.352 e. The van der Waals surface area contributed by atoms with Crippen molar-refractivity contribution in [2.45, 2.75) is 38.5 Å². The van der Waals surface area contributed by atoms with Crippen LogP contribution in [0.4, 0.5) is 0 Å². The third-order valence-corrected chi connectivity index (χ3v) is 4.30. The molecule has 1 amide bonds. The molecule has 1 aliphatic rings. The molecule has 2 rings (SSSR count). The second kappa shape index (κ2) is 5.75. The molecule has 0 bridgehead atoms. The van der Waals surface area contributed by atoms with E-state index in [0.717, 1.165) is 29.5 Å². The Labute approximate surface area is 114 Å². The number of nitrogens with one attached hydrogen (secondary N) is 1. The van der Waals surface area contributed by atoms with Crippen molar-refractivity contribution in [3.05, 3.63) is 34.9 Å². The Balaban J connectivity index is 1.97. The second-order valence-corrected chi connectivity index (χ2v) is 5.80. The Morgan fingerprint density at radius 3 is 2.83 bits per heavy atom. The van der Waals surface area contributed by atoms with E-state index in [1.54, 1.807) is 0 Å². The van der Waals surface area contributed by atoms with Gasteiger partial charge in [-0.15, -0.1) is 11.6 Å². The number of hydrogen-bond donors (Lipinski definition) is 1. The van der Waals surface area contributed by atoms with Crippen LogP contribution >= 0.6 is 11.6 Å². The lowest BCUT2D eigenvalue weighted by molar-refractivity contribution is 0.0947. The van der Waals surface area contributed by atoms with E-state index >= 15 is 0 Å². The molecular weight excluding hydrogens is 246 g/mol. The molecular formula is C15H20ClNO. The molecule has 0 spiro atoms. The number of rotatable bonds is 3. The first kappa shape index (κ1) is 13.4. The van der Waals surface area contributed by atoms with E-state index in [-0.39, 0.29) is 11.3 Å². The molecule has 2 nitrogen and oxygen atoms in total. The van der Waals surface area contributed by atoms with Crippen molar-refractivity contribution in [3.63, 3.8) is 0 Å². The van der Waals surface area contributed by atoms with Crippen molar-refractivity contribution in [1.29, 1.82) is 0 Å². The van der Waals surface area contributed by atoms with Crippen molar-refractivity contribution in [2.75, 3.05) is 6.54 Å². The Morgan fingerprint density at radius 1 is 1.39 bits per heavy atom. The molecule has 1 fully saturated rings.